The van der Waals surface area contributed by atoms with E-state index >= 15 is 0 Å². The highest BCUT2D eigenvalue weighted by atomic mass is 16.5. The van der Waals surface area contributed by atoms with Crippen LogP contribution in [0.1, 0.15) is 44.3 Å². The van der Waals surface area contributed by atoms with Crippen LogP contribution in [-0.2, 0) is 4.74 Å². The van der Waals surface area contributed by atoms with Gasteiger partial charge in [0.25, 0.3) is 0 Å². The van der Waals surface area contributed by atoms with Crippen molar-refractivity contribution in [3.05, 3.63) is 35.9 Å². The van der Waals surface area contributed by atoms with Crippen LogP contribution >= 0.6 is 0 Å². The molecule has 17 heavy (non-hydrogen) atoms. The third-order valence-corrected chi connectivity index (χ3v) is 2.89. The first-order chi connectivity index (χ1) is 8.38. The van der Waals surface area contributed by atoms with Crippen LogP contribution < -0.4 is 5.32 Å². The molecule has 1 aromatic rings. The smallest absolute Gasteiger partial charge is 0.0837 e. The second-order valence-corrected chi connectivity index (χ2v) is 4.37. The minimum atomic E-state index is 0.237. The molecular weight excluding hydrogens is 210 g/mol. The highest BCUT2D eigenvalue weighted by Gasteiger charge is 2.10. The summed E-state index contributed by atoms with van der Waals surface area (Å²) in [6, 6.07) is 10.5. The zero-order valence-electron chi connectivity index (χ0n) is 11.1. The van der Waals surface area contributed by atoms with Crippen LogP contribution in [0.5, 0.6) is 0 Å². The monoisotopic (exact) mass is 235 g/mol. The number of nitrogens with one attached hydrogen (secondary N) is 1. The molecule has 1 rings (SSSR count). The molecule has 0 aliphatic rings. The summed E-state index contributed by atoms with van der Waals surface area (Å²) in [5.74, 6) is 0. The van der Waals surface area contributed by atoms with Gasteiger partial charge in [-0.05, 0) is 32.0 Å². The molecule has 0 amide bonds. The summed E-state index contributed by atoms with van der Waals surface area (Å²) in [6.07, 6.45) is 4.94. The van der Waals surface area contributed by atoms with E-state index in [1.807, 2.05) is 7.05 Å². The molecule has 0 aliphatic heterocycles. The lowest BCUT2D eigenvalue weighted by atomic mass is 10.1. The van der Waals surface area contributed by atoms with Gasteiger partial charge in [0, 0.05) is 6.61 Å². The molecule has 0 saturated carbocycles. The van der Waals surface area contributed by atoms with Crippen molar-refractivity contribution in [1.82, 2.24) is 5.32 Å². The maximum Gasteiger partial charge on any atom is 0.0837 e. The molecule has 1 N–H and O–H groups in total. The number of benzene rings is 1. The summed E-state index contributed by atoms with van der Waals surface area (Å²) in [5, 5.41) is 3.19. The van der Waals surface area contributed by atoms with E-state index in [-0.39, 0.29) is 6.10 Å². The Morgan fingerprint density at radius 3 is 2.59 bits per heavy atom. The van der Waals surface area contributed by atoms with E-state index in [4.69, 9.17) is 4.74 Å². The Morgan fingerprint density at radius 2 is 1.94 bits per heavy atom. The molecule has 2 nitrogen and oxygen atoms in total. The lowest BCUT2D eigenvalue weighted by Crippen LogP contribution is -2.14. The second kappa shape index (κ2) is 9.20. The van der Waals surface area contributed by atoms with E-state index in [1.165, 1.54) is 24.8 Å². The van der Waals surface area contributed by atoms with Gasteiger partial charge in [0.1, 0.15) is 0 Å². The number of ether oxygens (including phenoxy) is 1. The molecular formula is C15H25NO. The van der Waals surface area contributed by atoms with Crippen LogP contribution in [0.4, 0.5) is 0 Å². The Kier molecular flexibility index (Phi) is 7.69. The van der Waals surface area contributed by atoms with Crippen molar-refractivity contribution < 1.29 is 4.74 Å². The van der Waals surface area contributed by atoms with Gasteiger partial charge in [0.05, 0.1) is 6.10 Å². The summed E-state index contributed by atoms with van der Waals surface area (Å²) >= 11 is 0. The summed E-state index contributed by atoms with van der Waals surface area (Å²) in [5.41, 5.74) is 1.29. The van der Waals surface area contributed by atoms with Crippen molar-refractivity contribution in [2.24, 2.45) is 0 Å². The molecule has 0 fully saturated rings. The third-order valence-electron chi connectivity index (χ3n) is 2.89. The number of hydrogen-bond acceptors (Lipinski definition) is 2. The van der Waals surface area contributed by atoms with Crippen molar-refractivity contribution in [1.29, 1.82) is 0 Å². The van der Waals surface area contributed by atoms with Gasteiger partial charge in [0.15, 0.2) is 0 Å². The van der Waals surface area contributed by atoms with Crippen molar-refractivity contribution in [3.63, 3.8) is 0 Å². The fourth-order valence-electron chi connectivity index (χ4n) is 1.87. The normalized spacial score (nSPS) is 12.6. The van der Waals surface area contributed by atoms with E-state index in [9.17, 15) is 0 Å². The maximum absolute atomic E-state index is 5.99. The lowest BCUT2D eigenvalue weighted by Gasteiger charge is -2.18. The molecule has 0 bridgehead atoms. The standard InChI is InChI=1S/C15H25NO/c1-3-4-8-13-17-15(11-12-16-2)14-9-6-5-7-10-14/h5-7,9-10,15-16H,3-4,8,11-13H2,1-2H3. The first-order valence-corrected chi connectivity index (χ1v) is 6.69. The molecule has 0 radical (unpaired) electrons. The third kappa shape index (κ3) is 5.85. The predicted octanol–water partition coefficient (Wildman–Crippen LogP) is 3.54. The van der Waals surface area contributed by atoms with Crippen LogP contribution in [0.25, 0.3) is 0 Å². The van der Waals surface area contributed by atoms with Crippen LogP contribution in [-0.4, -0.2) is 20.2 Å². The number of rotatable bonds is 9. The molecule has 0 saturated heterocycles. The second-order valence-electron chi connectivity index (χ2n) is 4.37. The Morgan fingerprint density at radius 1 is 1.18 bits per heavy atom. The summed E-state index contributed by atoms with van der Waals surface area (Å²) in [6.45, 7) is 4.08. The Hall–Kier alpha value is -0.860. The lowest BCUT2D eigenvalue weighted by molar-refractivity contribution is 0.0446. The van der Waals surface area contributed by atoms with Gasteiger partial charge in [0.2, 0.25) is 0 Å². The van der Waals surface area contributed by atoms with E-state index in [2.05, 4.69) is 42.6 Å². The van der Waals surface area contributed by atoms with E-state index < -0.39 is 0 Å². The summed E-state index contributed by atoms with van der Waals surface area (Å²) < 4.78 is 5.99. The molecule has 1 aromatic carbocycles. The van der Waals surface area contributed by atoms with Gasteiger partial charge in [-0.15, -0.1) is 0 Å². The van der Waals surface area contributed by atoms with Crippen LogP contribution in [0, 0.1) is 0 Å². The van der Waals surface area contributed by atoms with E-state index in [0.717, 1.165) is 19.6 Å². The first-order valence-electron chi connectivity index (χ1n) is 6.69. The zero-order valence-corrected chi connectivity index (χ0v) is 11.1. The molecule has 96 valence electrons. The highest BCUT2D eigenvalue weighted by Crippen LogP contribution is 2.20. The topological polar surface area (TPSA) is 21.3 Å². The molecule has 2 heteroatoms. The fourth-order valence-corrected chi connectivity index (χ4v) is 1.87. The van der Waals surface area contributed by atoms with Gasteiger partial charge in [-0.1, -0.05) is 50.1 Å². The van der Waals surface area contributed by atoms with Crippen molar-refractivity contribution in [2.75, 3.05) is 20.2 Å². The molecule has 0 aliphatic carbocycles. The molecule has 1 unspecified atom stereocenters. The van der Waals surface area contributed by atoms with Crippen molar-refractivity contribution in [2.45, 2.75) is 38.7 Å². The minimum Gasteiger partial charge on any atom is -0.373 e. The highest BCUT2D eigenvalue weighted by molar-refractivity contribution is 5.17. The SMILES string of the molecule is CCCCCOC(CCNC)c1ccccc1. The minimum absolute atomic E-state index is 0.237. The van der Waals surface area contributed by atoms with Crippen LogP contribution in [0.15, 0.2) is 30.3 Å². The zero-order chi connectivity index (χ0) is 12.3. The molecule has 0 aromatic heterocycles. The summed E-state index contributed by atoms with van der Waals surface area (Å²) in [4.78, 5) is 0. The van der Waals surface area contributed by atoms with Gasteiger partial charge in [-0.2, -0.15) is 0 Å². The summed E-state index contributed by atoms with van der Waals surface area (Å²) in [7, 11) is 1.99. The van der Waals surface area contributed by atoms with Gasteiger partial charge < -0.3 is 10.1 Å². The van der Waals surface area contributed by atoms with Crippen LogP contribution in [0.2, 0.25) is 0 Å². The van der Waals surface area contributed by atoms with Gasteiger partial charge in [-0.25, -0.2) is 0 Å². The van der Waals surface area contributed by atoms with Crippen molar-refractivity contribution in [3.8, 4) is 0 Å². The number of unbranched alkanes of at least 4 members (excludes halogenated alkanes) is 2. The Bertz CT molecular complexity index is 274. The maximum atomic E-state index is 5.99. The van der Waals surface area contributed by atoms with Crippen LogP contribution in [0.3, 0.4) is 0 Å². The average Bonchev–Trinajstić information content (AvgIpc) is 2.39. The first kappa shape index (κ1) is 14.2. The number of hydrogen-bond donors (Lipinski definition) is 1. The van der Waals surface area contributed by atoms with Gasteiger partial charge >= 0.3 is 0 Å². The van der Waals surface area contributed by atoms with E-state index in [1.54, 1.807) is 0 Å². The van der Waals surface area contributed by atoms with Gasteiger partial charge in [-0.3, -0.25) is 0 Å². The van der Waals surface area contributed by atoms with Crippen molar-refractivity contribution >= 4 is 0 Å². The molecule has 0 spiro atoms. The fraction of sp³-hybridized carbons (Fsp3) is 0.600. The largest absolute Gasteiger partial charge is 0.373 e. The Labute approximate surface area is 105 Å². The molecule has 1 atom stereocenters. The van der Waals surface area contributed by atoms with E-state index in [0.29, 0.717) is 0 Å². The molecule has 0 heterocycles. The average molecular weight is 235 g/mol. The quantitative estimate of drug-likeness (QED) is 0.661. The Balaban J connectivity index is 2.43. The predicted molar refractivity (Wildman–Crippen MR) is 73.2 cm³/mol.